The third-order valence-corrected chi connectivity index (χ3v) is 5.05. The van der Waals surface area contributed by atoms with Crippen molar-refractivity contribution >= 4 is 16.0 Å². The summed E-state index contributed by atoms with van der Waals surface area (Å²) in [4.78, 5) is 12.5. The predicted octanol–water partition coefficient (Wildman–Crippen LogP) is 3.12. The van der Waals surface area contributed by atoms with Crippen molar-refractivity contribution in [3.8, 4) is 0 Å². The fourth-order valence-corrected chi connectivity index (χ4v) is 3.57. The van der Waals surface area contributed by atoms with Gasteiger partial charge in [-0.15, -0.1) is 0 Å². The summed E-state index contributed by atoms with van der Waals surface area (Å²) in [6, 6.07) is 16.3. The third kappa shape index (κ3) is 5.99. The average molecular weight is 361 g/mol. The molecule has 6 heteroatoms. The van der Waals surface area contributed by atoms with Crippen LogP contribution in [0.3, 0.4) is 0 Å². The molecule has 0 aliphatic rings. The van der Waals surface area contributed by atoms with E-state index in [1.165, 1.54) is 12.1 Å². The molecule has 0 amide bonds. The van der Waals surface area contributed by atoms with Gasteiger partial charge in [-0.3, -0.25) is 4.79 Å². The highest BCUT2D eigenvalue weighted by molar-refractivity contribution is 7.89. The normalized spacial score (nSPS) is 12.8. The molecule has 0 saturated heterocycles. The first-order valence-electron chi connectivity index (χ1n) is 8.16. The fourth-order valence-electron chi connectivity index (χ4n) is 2.35. The Bertz CT molecular complexity index is 774. The summed E-state index contributed by atoms with van der Waals surface area (Å²) in [5.74, 6) is -0.440. The predicted molar refractivity (Wildman–Crippen MR) is 96.2 cm³/mol. The number of benzene rings is 2. The molecule has 0 saturated carbocycles. The molecule has 134 valence electrons. The summed E-state index contributed by atoms with van der Waals surface area (Å²) in [6.45, 7) is 3.96. The summed E-state index contributed by atoms with van der Waals surface area (Å²) in [6.07, 6.45) is 0.361. The summed E-state index contributed by atoms with van der Waals surface area (Å²) >= 11 is 0. The van der Waals surface area contributed by atoms with Gasteiger partial charge in [0, 0.05) is 0 Å². The van der Waals surface area contributed by atoms with Gasteiger partial charge >= 0.3 is 5.97 Å². The Morgan fingerprint density at radius 3 is 2.12 bits per heavy atom. The molecule has 1 N–H and O–H groups in total. The van der Waals surface area contributed by atoms with Gasteiger partial charge in [0.25, 0.3) is 0 Å². The largest absolute Gasteiger partial charge is 0.460 e. The van der Waals surface area contributed by atoms with E-state index in [-0.39, 0.29) is 17.4 Å². The molecular formula is C19H23NO4S. The van der Waals surface area contributed by atoms with Crippen molar-refractivity contribution in [1.29, 1.82) is 0 Å². The van der Waals surface area contributed by atoms with Gasteiger partial charge in [0.05, 0.1) is 4.90 Å². The maximum atomic E-state index is 12.5. The van der Waals surface area contributed by atoms with Crippen LogP contribution in [0.4, 0.5) is 0 Å². The Morgan fingerprint density at radius 1 is 1.00 bits per heavy atom. The second-order valence-corrected chi connectivity index (χ2v) is 7.92. The van der Waals surface area contributed by atoms with Crippen LogP contribution in [0.25, 0.3) is 0 Å². The van der Waals surface area contributed by atoms with Gasteiger partial charge in [-0.05, 0) is 30.0 Å². The smallest absolute Gasteiger partial charge is 0.324 e. The van der Waals surface area contributed by atoms with Crippen LogP contribution < -0.4 is 4.72 Å². The Hall–Kier alpha value is -2.18. The number of esters is 1. The minimum absolute atomic E-state index is 0.112. The first-order valence-corrected chi connectivity index (χ1v) is 9.65. The van der Waals surface area contributed by atoms with E-state index in [1.54, 1.807) is 18.2 Å². The van der Waals surface area contributed by atoms with Crippen LogP contribution in [0, 0.1) is 5.92 Å². The van der Waals surface area contributed by atoms with Gasteiger partial charge in [0.2, 0.25) is 10.0 Å². The Kier molecular flexibility index (Phi) is 6.73. The third-order valence-electron chi connectivity index (χ3n) is 3.57. The monoisotopic (exact) mass is 361 g/mol. The SMILES string of the molecule is CC(C)CC(NS(=O)(=O)c1ccccc1)C(=O)OCc1ccccc1. The molecule has 0 bridgehead atoms. The fraction of sp³-hybridized carbons (Fsp3) is 0.316. The van der Waals surface area contributed by atoms with E-state index in [0.717, 1.165) is 5.56 Å². The molecule has 2 rings (SSSR count). The van der Waals surface area contributed by atoms with Crippen LogP contribution in [0.5, 0.6) is 0 Å². The number of sulfonamides is 1. The summed E-state index contributed by atoms with van der Waals surface area (Å²) in [5, 5.41) is 0. The minimum Gasteiger partial charge on any atom is -0.460 e. The molecule has 25 heavy (non-hydrogen) atoms. The van der Waals surface area contributed by atoms with Crippen LogP contribution in [-0.2, 0) is 26.2 Å². The molecule has 0 spiro atoms. The molecule has 0 heterocycles. The van der Waals surface area contributed by atoms with Crippen molar-refractivity contribution in [2.24, 2.45) is 5.92 Å². The molecular weight excluding hydrogens is 338 g/mol. The lowest BCUT2D eigenvalue weighted by atomic mass is 10.1. The number of rotatable bonds is 8. The molecule has 0 aromatic heterocycles. The zero-order chi connectivity index (χ0) is 18.3. The number of carbonyl (C=O) groups excluding carboxylic acids is 1. The molecule has 0 aliphatic carbocycles. The lowest BCUT2D eigenvalue weighted by molar-refractivity contribution is -0.147. The molecule has 1 unspecified atom stereocenters. The number of nitrogens with one attached hydrogen (secondary N) is 1. The topological polar surface area (TPSA) is 72.5 Å². The van der Waals surface area contributed by atoms with Gasteiger partial charge in [0.1, 0.15) is 12.6 Å². The lowest BCUT2D eigenvalue weighted by Crippen LogP contribution is -2.42. The van der Waals surface area contributed by atoms with E-state index in [1.807, 2.05) is 44.2 Å². The van der Waals surface area contributed by atoms with E-state index in [0.29, 0.717) is 6.42 Å². The molecule has 0 aliphatic heterocycles. The van der Waals surface area contributed by atoms with Crippen LogP contribution in [0.15, 0.2) is 65.6 Å². The Balaban J connectivity index is 2.08. The number of hydrogen-bond acceptors (Lipinski definition) is 4. The summed E-state index contributed by atoms with van der Waals surface area (Å²) in [5.41, 5.74) is 0.852. The second kappa shape index (κ2) is 8.78. The Morgan fingerprint density at radius 2 is 1.56 bits per heavy atom. The van der Waals surface area contributed by atoms with Crippen LogP contribution >= 0.6 is 0 Å². The number of hydrogen-bond donors (Lipinski definition) is 1. The van der Waals surface area contributed by atoms with Crippen LogP contribution in [0.1, 0.15) is 25.8 Å². The molecule has 5 nitrogen and oxygen atoms in total. The standard InChI is InChI=1S/C19H23NO4S/c1-15(2)13-18(19(21)24-14-16-9-5-3-6-10-16)20-25(22,23)17-11-7-4-8-12-17/h3-12,15,18,20H,13-14H2,1-2H3. The molecule has 0 radical (unpaired) electrons. The van der Waals surface area contributed by atoms with Crippen molar-refractivity contribution in [3.05, 3.63) is 66.2 Å². The van der Waals surface area contributed by atoms with Crippen molar-refractivity contribution in [1.82, 2.24) is 4.72 Å². The molecule has 2 aromatic rings. The van der Waals surface area contributed by atoms with Crippen molar-refractivity contribution < 1.29 is 17.9 Å². The van der Waals surface area contributed by atoms with E-state index in [2.05, 4.69) is 4.72 Å². The van der Waals surface area contributed by atoms with Gasteiger partial charge in [-0.25, -0.2) is 8.42 Å². The van der Waals surface area contributed by atoms with E-state index in [4.69, 9.17) is 4.74 Å². The highest BCUT2D eigenvalue weighted by Gasteiger charge is 2.27. The highest BCUT2D eigenvalue weighted by atomic mass is 32.2. The van der Waals surface area contributed by atoms with Gasteiger partial charge in [-0.2, -0.15) is 4.72 Å². The van der Waals surface area contributed by atoms with Gasteiger partial charge < -0.3 is 4.74 Å². The maximum Gasteiger partial charge on any atom is 0.324 e. The highest BCUT2D eigenvalue weighted by Crippen LogP contribution is 2.13. The van der Waals surface area contributed by atoms with E-state index >= 15 is 0 Å². The van der Waals surface area contributed by atoms with Crippen molar-refractivity contribution in [3.63, 3.8) is 0 Å². The van der Waals surface area contributed by atoms with E-state index in [9.17, 15) is 13.2 Å². The molecule has 0 fully saturated rings. The number of carbonyl (C=O) groups is 1. The first kappa shape index (κ1) is 19.1. The van der Waals surface area contributed by atoms with Crippen molar-refractivity contribution in [2.75, 3.05) is 0 Å². The number of ether oxygens (including phenoxy) is 1. The van der Waals surface area contributed by atoms with Crippen molar-refractivity contribution in [2.45, 2.75) is 37.8 Å². The molecule has 2 aromatic carbocycles. The quantitative estimate of drug-likeness (QED) is 0.733. The maximum absolute atomic E-state index is 12.5. The van der Waals surface area contributed by atoms with E-state index < -0.39 is 22.0 Å². The first-order chi connectivity index (χ1) is 11.9. The summed E-state index contributed by atoms with van der Waals surface area (Å²) < 4.78 is 32.7. The molecule has 1 atom stereocenters. The minimum atomic E-state index is -3.78. The Labute approximate surface area is 149 Å². The van der Waals surface area contributed by atoms with Gasteiger partial charge in [0.15, 0.2) is 0 Å². The lowest BCUT2D eigenvalue weighted by Gasteiger charge is -2.19. The average Bonchev–Trinajstić information content (AvgIpc) is 2.60. The summed E-state index contributed by atoms with van der Waals surface area (Å²) in [7, 11) is -3.78. The second-order valence-electron chi connectivity index (χ2n) is 6.21. The van der Waals surface area contributed by atoms with Crippen LogP contribution in [0.2, 0.25) is 0 Å². The van der Waals surface area contributed by atoms with Crippen LogP contribution in [-0.4, -0.2) is 20.4 Å². The zero-order valence-electron chi connectivity index (χ0n) is 14.4. The van der Waals surface area contributed by atoms with Gasteiger partial charge in [-0.1, -0.05) is 62.4 Å². The zero-order valence-corrected chi connectivity index (χ0v) is 15.2.